The number of carbonyl (C=O) groups is 1. The van der Waals surface area contributed by atoms with Crippen LogP contribution in [-0.4, -0.2) is 46.7 Å². The molecule has 1 aromatic rings. The highest BCUT2D eigenvalue weighted by molar-refractivity contribution is 5.78. The molecule has 1 unspecified atom stereocenters. The number of amides is 1. The van der Waals surface area contributed by atoms with Crippen LogP contribution in [0.5, 0.6) is 0 Å². The number of likely N-dealkylation sites (tertiary alicyclic amines) is 1. The van der Waals surface area contributed by atoms with E-state index in [0.29, 0.717) is 36.1 Å². The van der Waals surface area contributed by atoms with E-state index in [0.717, 1.165) is 44.3 Å². The van der Waals surface area contributed by atoms with Crippen LogP contribution in [0.15, 0.2) is 4.52 Å². The van der Waals surface area contributed by atoms with Crippen molar-refractivity contribution in [2.24, 2.45) is 11.3 Å². The maximum absolute atomic E-state index is 12.8. The normalized spacial score (nSPS) is 28.5. The summed E-state index contributed by atoms with van der Waals surface area (Å²) in [5.41, 5.74) is 0.342. The van der Waals surface area contributed by atoms with Crippen molar-refractivity contribution in [3.05, 3.63) is 11.7 Å². The Hall–Kier alpha value is -1.43. The lowest BCUT2D eigenvalue weighted by molar-refractivity contribution is -0.171. The molecule has 0 N–H and O–H groups in total. The van der Waals surface area contributed by atoms with Gasteiger partial charge in [-0.05, 0) is 44.4 Å². The molecule has 0 bridgehead atoms. The number of rotatable bonds is 5. The van der Waals surface area contributed by atoms with Crippen LogP contribution < -0.4 is 0 Å². The standard InChI is InChI=1S/C20H29N3O3/c24-17(8-7-16-21-19(22-26-16)15-3-1-2-4-15)23-13-20(9-11-25-12-10-20)18(23)14-5-6-14/h14-15,18H,1-13H2. The van der Waals surface area contributed by atoms with Crippen LogP contribution in [0, 0.1) is 11.3 Å². The summed E-state index contributed by atoms with van der Waals surface area (Å²) >= 11 is 0. The maximum atomic E-state index is 12.8. The fraction of sp³-hybridized carbons (Fsp3) is 0.850. The van der Waals surface area contributed by atoms with Crippen molar-refractivity contribution in [3.8, 4) is 0 Å². The highest BCUT2D eigenvalue weighted by Gasteiger charge is 2.59. The van der Waals surface area contributed by atoms with Gasteiger partial charge in [0.15, 0.2) is 5.82 Å². The van der Waals surface area contributed by atoms with E-state index in [-0.39, 0.29) is 5.91 Å². The topological polar surface area (TPSA) is 68.5 Å². The first-order chi connectivity index (χ1) is 12.8. The van der Waals surface area contributed by atoms with Crippen molar-refractivity contribution in [1.82, 2.24) is 15.0 Å². The molecule has 1 aromatic heterocycles. The number of ether oxygens (including phenoxy) is 1. The Labute approximate surface area is 154 Å². The van der Waals surface area contributed by atoms with Crippen molar-refractivity contribution in [2.75, 3.05) is 19.8 Å². The van der Waals surface area contributed by atoms with Gasteiger partial charge in [-0.25, -0.2) is 0 Å². The fourth-order valence-corrected chi connectivity index (χ4v) is 5.47. The molecule has 0 aromatic carbocycles. The van der Waals surface area contributed by atoms with E-state index in [2.05, 4.69) is 15.0 Å². The van der Waals surface area contributed by atoms with Gasteiger partial charge in [-0.1, -0.05) is 18.0 Å². The van der Waals surface area contributed by atoms with Crippen molar-refractivity contribution in [3.63, 3.8) is 0 Å². The summed E-state index contributed by atoms with van der Waals surface area (Å²) in [6.45, 7) is 2.64. The highest BCUT2D eigenvalue weighted by Crippen LogP contribution is 2.55. The molecule has 6 nitrogen and oxygen atoms in total. The largest absolute Gasteiger partial charge is 0.381 e. The number of hydrogen-bond donors (Lipinski definition) is 0. The Morgan fingerprint density at radius 2 is 1.92 bits per heavy atom. The van der Waals surface area contributed by atoms with Gasteiger partial charge < -0.3 is 14.2 Å². The molecule has 6 heteroatoms. The Morgan fingerprint density at radius 1 is 1.15 bits per heavy atom. The maximum Gasteiger partial charge on any atom is 0.227 e. The molecule has 5 rings (SSSR count). The minimum absolute atomic E-state index is 0.264. The number of aryl methyl sites for hydroxylation is 1. The minimum atomic E-state index is 0.264. The molecule has 4 aliphatic rings. The average molecular weight is 359 g/mol. The Balaban J connectivity index is 1.18. The summed E-state index contributed by atoms with van der Waals surface area (Å²) in [5.74, 6) is 2.93. The third-order valence-electron chi connectivity index (χ3n) is 7.08. The quantitative estimate of drug-likeness (QED) is 0.808. The van der Waals surface area contributed by atoms with Gasteiger partial charge in [0.2, 0.25) is 11.8 Å². The second-order valence-electron chi connectivity index (χ2n) is 8.81. The van der Waals surface area contributed by atoms with Crippen molar-refractivity contribution >= 4 is 5.91 Å². The lowest BCUT2D eigenvalue weighted by atomic mass is 9.64. The number of aromatic nitrogens is 2. The monoisotopic (exact) mass is 359 g/mol. The van der Waals surface area contributed by atoms with Gasteiger partial charge in [-0.2, -0.15) is 4.98 Å². The van der Waals surface area contributed by atoms with Crippen molar-refractivity contribution < 1.29 is 14.1 Å². The van der Waals surface area contributed by atoms with Gasteiger partial charge in [0.1, 0.15) is 0 Å². The van der Waals surface area contributed by atoms with E-state index in [1.165, 1.54) is 38.5 Å². The highest BCUT2D eigenvalue weighted by atomic mass is 16.5. The van der Waals surface area contributed by atoms with Gasteiger partial charge >= 0.3 is 0 Å². The van der Waals surface area contributed by atoms with Crippen LogP contribution in [0.2, 0.25) is 0 Å². The Morgan fingerprint density at radius 3 is 2.65 bits per heavy atom. The Kier molecular flexibility index (Phi) is 4.26. The fourth-order valence-electron chi connectivity index (χ4n) is 5.47. The third-order valence-corrected chi connectivity index (χ3v) is 7.08. The average Bonchev–Trinajstić information content (AvgIpc) is 3.14. The molecule has 2 saturated carbocycles. The van der Waals surface area contributed by atoms with Crippen molar-refractivity contribution in [1.29, 1.82) is 0 Å². The second-order valence-corrected chi connectivity index (χ2v) is 8.81. The predicted molar refractivity (Wildman–Crippen MR) is 94.5 cm³/mol. The zero-order valence-corrected chi connectivity index (χ0v) is 15.5. The zero-order chi connectivity index (χ0) is 17.6. The molecule has 1 amide bonds. The first kappa shape index (κ1) is 16.7. The van der Waals surface area contributed by atoms with Crippen LogP contribution in [0.25, 0.3) is 0 Å². The molecule has 2 aliphatic carbocycles. The van der Waals surface area contributed by atoms with Gasteiger partial charge in [0.05, 0.1) is 0 Å². The number of carbonyl (C=O) groups excluding carboxylic acids is 1. The van der Waals surface area contributed by atoms with Crippen LogP contribution in [-0.2, 0) is 16.0 Å². The van der Waals surface area contributed by atoms with Crippen LogP contribution in [0.3, 0.4) is 0 Å². The molecular formula is C20H29N3O3. The predicted octanol–water partition coefficient (Wildman–Crippen LogP) is 3.08. The first-order valence-corrected chi connectivity index (χ1v) is 10.4. The van der Waals surface area contributed by atoms with Gasteiger partial charge in [-0.3, -0.25) is 4.79 Å². The lowest BCUT2D eigenvalue weighted by Gasteiger charge is -2.59. The van der Waals surface area contributed by atoms with E-state index in [9.17, 15) is 4.79 Å². The van der Waals surface area contributed by atoms with E-state index in [1.807, 2.05) is 0 Å². The third kappa shape index (κ3) is 2.96. The van der Waals surface area contributed by atoms with Crippen LogP contribution >= 0.6 is 0 Å². The number of hydrogen-bond acceptors (Lipinski definition) is 5. The van der Waals surface area contributed by atoms with E-state index >= 15 is 0 Å². The summed E-state index contributed by atoms with van der Waals surface area (Å²) in [4.78, 5) is 19.5. The van der Waals surface area contributed by atoms with Gasteiger partial charge in [0, 0.05) is 50.0 Å². The summed E-state index contributed by atoms with van der Waals surface area (Å²) in [6, 6.07) is 0.454. The summed E-state index contributed by atoms with van der Waals surface area (Å²) in [6.07, 6.45) is 10.7. The van der Waals surface area contributed by atoms with Crippen molar-refractivity contribution in [2.45, 2.75) is 76.2 Å². The minimum Gasteiger partial charge on any atom is -0.381 e. The smallest absolute Gasteiger partial charge is 0.227 e. The molecule has 1 atom stereocenters. The van der Waals surface area contributed by atoms with E-state index in [4.69, 9.17) is 9.26 Å². The first-order valence-electron chi connectivity index (χ1n) is 10.4. The SMILES string of the molecule is O=C(CCc1nc(C2CCCC2)no1)N1CC2(CCOCC2)C1C1CC1. The molecule has 2 aliphatic heterocycles. The molecule has 2 saturated heterocycles. The lowest BCUT2D eigenvalue weighted by Crippen LogP contribution is -2.68. The summed E-state index contributed by atoms with van der Waals surface area (Å²) in [7, 11) is 0. The zero-order valence-electron chi connectivity index (χ0n) is 15.5. The molecule has 142 valence electrons. The van der Waals surface area contributed by atoms with Gasteiger partial charge in [0.25, 0.3) is 0 Å². The van der Waals surface area contributed by atoms with Gasteiger partial charge in [-0.15, -0.1) is 0 Å². The second kappa shape index (κ2) is 6.63. The van der Waals surface area contributed by atoms with E-state index in [1.54, 1.807) is 0 Å². The summed E-state index contributed by atoms with van der Waals surface area (Å²) in [5, 5.41) is 4.15. The molecule has 26 heavy (non-hydrogen) atoms. The Bertz CT molecular complexity index is 657. The molecule has 0 radical (unpaired) electrons. The number of nitrogens with zero attached hydrogens (tertiary/aromatic N) is 3. The van der Waals surface area contributed by atoms with Crippen LogP contribution in [0.1, 0.15) is 75.4 Å². The molecule has 1 spiro atoms. The summed E-state index contributed by atoms with van der Waals surface area (Å²) < 4.78 is 11.0. The molecule has 4 fully saturated rings. The molecular weight excluding hydrogens is 330 g/mol. The van der Waals surface area contributed by atoms with Crippen LogP contribution in [0.4, 0.5) is 0 Å². The molecule has 3 heterocycles. The van der Waals surface area contributed by atoms with E-state index < -0.39 is 0 Å².